The molecule has 0 radical (unpaired) electrons. The Hall–Kier alpha value is -0.160. The van der Waals surface area contributed by atoms with Gasteiger partial charge in [0.05, 0.1) is 18.8 Å². The molecule has 0 spiro atoms. The zero-order valence-electron chi connectivity index (χ0n) is 11.9. The first-order valence-corrected chi connectivity index (χ1v) is 7.28. The van der Waals surface area contributed by atoms with Gasteiger partial charge in [-0.1, -0.05) is 13.3 Å². The molecule has 0 aromatic rings. The summed E-state index contributed by atoms with van der Waals surface area (Å²) in [6.45, 7) is 5.79. The van der Waals surface area contributed by atoms with Crippen molar-refractivity contribution in [1.82, 2.24) is 4.90 Å². The van der Waals surface area contributed by atoms with Gasteiger partial charge in [-0.3, -0.25) is 0 Å². The van der Waals surface area contributed by atoms with E-state index in [0.29, 0.717) is 19.3 Å². The summed E-state index contributed by atoms with van der Waals surface area (Å²) in [4.78, 5) is 2.14. The quantitative estimate of drug-likeness (QED) is 0.640. The number of likely N-dealkylation sites (N-methyl/N-ethyl adjacent to an activating group) is 1. The monoisotopic (exact) mass is 259 g/mol. The molecule has 4 heteroatoms. The van der Waals surface area contributed by atoms with Crippen LogP contribution in [0.2, 0.25) is 0 Å². The van der Waals surface area contributed by atoms with Crippen molar-refractivity contribution in [1.29, 1.82) is 0 Å². The van der Waals surface area contributed by atoms with Crippen LogP contribution in [0.3, 0.4) is 0 Å². The van der Waals surface area contributed by atoms with Crippen molar-refractivity contribution < 1.29 is 14.6 Å². The van der Waals surface area contributed by atoms with Gasteiger partial charge < -0.3 is 19.5 Å². The van der Waals surface area contributed by atoms with Crippen molar-refractivity contribution in [2.75, 3.05) is 40.0 Å². The van der Waals surface area contributed by atoms with Crippen LogP contribution in [-0.4, -0.2) is 62.2 Å². The van der Waals surface area contributed by atoms with E-state index in [2.05, 4.69) is 11.8 Å². The lowest BCUT2D eigenvalue weighted by Crippen LogP contribution is -2.38. The Morgan fingerprint density at radius 1 is 1.44 bits per heavy atom. The highest BCUT2D eigenvalue weighted by atomic mass is 16.5. The van der Waals surface area contributed by atoms with E-state index < -0.39 is 6.10 Å². The third kappa shape index (κ3) is 7.31. The molecule has 2 atom stereocenters. The molecule has 0 aliphatic carbocycles. The summed E-state index contributed by atoms with van der Waals surface area (Å²) in [7, 11) is 2.03. The second-order valence-corrected chi connectivity index (χ2v) is 5.29. The minimum absolute atomic E-state index is 0.344. The lowest BCUT2D eigenvalue weighted by molar-refractivity contribution is -0.0186. The number of aliphatic hydroxyl groups excluding tert-OH is 1. The molecule has 0 saturated carbocycles. The van der Waals surface area contributed by atoms with Crippen molar-refractivity contribution in [3.8, 4) is 0 Å². The average molecular weight is 259 g/mol. The van der Waals surface area contributed by atoms with Crippen molar-refractivity contribution in [2.24, 2.45) is 0 Å². The normalized spacial score (nSPS) is 22.3. The molecule has 2 unspecified atom stereocenters. The van der Waals surface area contributed by atoms with E-state index in [9.17, 15) is 5.11 Å². The van der Waals surface area contributed by atoms with Crippen LogP contribution in [0.5, 0.6) is 0 Å². The standard InChI is InChI=1S/C14H29NO3/c1-3-4-8-17-12-13(16)10-15(2)11-14-7-5-6-9-18-14/h13-14,16H,3-12H2,1-2H3. The summed E-state index contributed by atoms with van der Waals surface area (Å²) in [6.07, 6.45) is 5.75. The second-order valence-electron chi connectivity index (χ2n) is 5.29. The predicted molar refractivity (Wildman–Crippen MR) is 72.8 cm³/mol. The molecule has 1 saturated heterocycles. The van der Waals surface area contributed by atoms with E-state index in [-0.39, 0.29) is 0 Å². The Bertz CT molecular complexity index is 195. The lowest BCUT2D eigenvalue weighted by atomic mass is 10.1. The summed E-state index contributed by atoms with van der Waals surface area (Å²) in [5.41, 5.74) is 0. The van der Waals surface area contributed by atoms with Gasteiger partial charge in [-0.25, -0.2) is 0 Å². The Kier molecular flexibility index (Phi) is 8.59. The summed E-state index contributed by atoms with van der Waals surface area (Å²) in [5.74, 6) is 0. The molecule has 0 aromatic carbocycles. The van der Waals surface area contributed by atoms with E-state index in [1.165, 1.54) is 12.8 Å². The minimum Gasteiger partial charge on any atom is -0.389 e. The van der Waals surface area contributed by atoms with Crippen LogP contribution in [0.1, 0.15) is 39.0 Å². The fraction of sp³-hybridized carbons (Fsp3) is 1.00. The Morgan fingerprint density at radius 3 is 2.94 bits per heavy atom. The van der Waals surface area contributed by atoms with Crippen LogP contribution in [0.15, 0.2) is 0 Å². The van der Waals surface area contributed by atoms with Gasteiger partial charge in [0, 0.05) is 26.3 Å². The number of rotatable bonds is 9. The fourth-order valence-electron chi connectivity index (χ4n) is 2.25. The van der Waals surface area contributed by atoms with Gasteiger partial charge in [-0.05, 0) is 32.7 Å². The van der Waals surface area contributed by atoms with Gasteiger partial charge in [-0.2, -0.15) is 0 Å². The van der Waals surface area contributed by atoms with E-state index in [4.69, 9.17) is 9.47 Å². The Labute approximate surface area is 111 Å². The topological polar surface area (TPSA) is 41.9 Å². The van der Waals surface area contributed by atoms with Crippen LogP contribution < -0.4 is 0 Å². The first-order chi connectivity index (χ1) is 8.72. The van der Waals surface area contributed by atoms with Gasteiger partial charge in [0.25, 0.3) is 0 Å². The maximum atomic E-state index is 9.84. The number of aliphatic hydroxyl groups is 1. The second kappa shape index (κ2) is 9.73. The zero-order valence-corrected chi connectivity index (χ0v) is 11.9. The molecule has 4 nitrogen and oxygen atoms in total. The molecule has 108 valence electrons. The van der Waals surface area contributed by atoms with Gasteiger partial charge >= 0.3 is 0 Å². The Morgan fingerprint density at radius 2 is 2.28 bits per heavy atom. The highest BCUT2D eigenvalue weighted by Crippen LogP contribution is 2.13. The van der Waals surface area contributed by atoms with E-state index in [1.807, 2.05) is 7.05 Å². The largest absolute Gasteiger partial charge is 0.389 e. The van der Waals surface area contributed by atoms with Gasteiger partial charge in [0.15, 0.2) is 0 Å². The van der Waals surface area contributed by atoms with E-state index >= 15 is 0 Å². The van der Waals surface area contributed by atoms with Crippen molar-refractivity contribution in [3.05, 3.63) is 0 Å². The van der Waals surface area contributed by atoms with Gasteiger partial charge in [-0.15, -0.1) is 0 Å². The molecular weight excluding hydrogens is 230 g/mol. The maximum absolute atomic E-state index is 9.84. The molecule has 0 aromatic heterocycles. The number of hydrogen-bond donors (Lipinski definition) is 1. The summed E-state index contributed by atoms with van der Waals surface area (Å²) in [6, 6.07) is 0. The zero-order chi connectivity index (χ0) is 13.2. The predicted octanol–water partition coefficient (Wildman–Crippen LogP) is 1.66. The number of hydrogen-bond acceptors (Lipinski definition) is 4. The van der Waals surface area contributed by atoms with E-state index in [0.717, 1.165) is 39.0 Å². The van der Waals surface area contributed by atoms with Crippen molar-refractivity contribution in [3.63, 3.8) is 0 Å². The van der Waals surface area contributed by atoms with Crippen LogP contribution >= 0.6 is 0 Å². The summed E-state index contributed by atoms with van der Waals surface area (Å²) >= 11 is 0. The molecular formula is C14H29NO3. The smallest absolute Gasteiger partial charge is 0.0900 e. The van der Waals surface area contributed by atoms with Gasteiger partial charge in [0.2, 0.25) is 0 Å². The first kappa shape index (κ1) is 15.9. The van der Waals surface area contributed by atoms with Crippen molar-refractivity contribution in [2.45, 2.75) is 51.2 Å². The third-order valence-electron chi connectivity index (χ3n) is 3.26. The molecule has 0 amide bonds. The van der Waals surface area contributed by atoms with Crippen LogP contribution in [0.25, 0.3) is 0 Å². The van der Waals surface area contributed by atoms with Crippen LogP contribution in [-0.2, 0) is 9.47 Å². The average Bonchev–Trinajstić information content (AvgIpc) is 2.35. The molecule has 1 fully saturated rings. The first-order valence-electron chi connectivity index (χ1n) is 7.28. The molecule has 0 bridgehead atoms. The number of nitrogens with zero attached hydrogens (tertiary/aromatic N) is 1. The lowest BCUT2D eigenvalue weighted by Gasteiger charge is -2.28. The Balaban J connectivity index is 2.04. The molecule has 18 heavy (non-hydrogen) atoms. The summed E-state index contributed by atoms with van der Waals surface area (Å²) in [5, 5.41) is 9.84. The van der Waals surface area contributed by atoms with Crippen LogP contribution in [0, 0.1) is 0 Å². The molecule has 1 rings (SSSR count). The van der Waals surface area contributed by atoms with E-state index in [1.54, 1.807) is 0 Å². The summed E-state index contributed by atoms with van der Waals surface area (Å²) < 4.78 is 11.1. The number of ether oxygens (including phenoxy) is 2. The van der Waals surface area contributed by atoms with Crippen molar-refractivity contribution >= 4 is 0 Å². The maximum Gasteiger partial charge on any atom is 0.0900 e. The number of unbranched alkanes of at least 4 members (excludes halogenated alkanes) is 1. The van der Waals surface area contributed by atoms with Crippen LogP contribution in [0.4, 0.5) is 0 Å². The highest BCUT2D eigenvalue weighted by Gasteiger charge is 2.17. The third-order valence-corrected chi connectivity index (χ3v) is 3.26. The molecule has 1 aliphatic rings. The minimum atomic E-state index is -0.393. The van der Waals surface area contributed by atoms with Gasteiger partial charge in [0.1, 0.15) is 0 Å². The highest BCUT2D eigenvalue weighted by molar-refractivity contribution is 4.69. The fourth-order valence-corrected chi connectivity index (χ4v) is 2.25. The SMILES string of the molecule is CCCCOCC(O)CN(C)CC1CCCCO1. The molecule has 1 aliphatic heterocycles. The molecule has 1 heterocycles. The molecule has 1 N–H and O–H groups in total.